The SMILES string of the molecule is CC1Oc2ccccc2N(CCC(=O)N(C)CCCOc2cccc(S(C)(=O)=O)c2)C1=O. The van der Waals surface area contributed by atoms with E-state index in [9.17, 15) is 18.0 Å². The predicted octanol–water partition coefficient (Wildman–Crippen LogP) is 2.52. The van der Waals surface area contributed by atoms with Crippen LogP contribution in [0.3, 0.4) is 0 Å². The van der Waals surface area contributed by atoms with E-state index < -0.39 is 15.9 Å². The molecular weight excluding hydrogens is 432 g/mol. The molecule has 2 amide bonds. The molecule has 8 nitrogen and oxygen atoms in total. The smallest absolute Gasteiger partial charge is 0.267 e. The van der Waals surface area contributed by atoms with E-state index in [0.717, 1.165) is 6.26 Å². The lowest BCUT2D eigenvalue weighted by Gasteiger charge is -2.33. The monoisotopic (exact) mass is 460 g/mol. The molecule has 32 heavy (non-hydrogen) atoms. The Morgan fingerprint density at radius 2 is 1.94 bits per heavy atom. The van der Waals surface area contributed by atoms with Gasteiger partial charge >= 0.3 is 0 Å². The Kier molecular flexibility index (Phi) is 7.40. The van der Waals surface area contributed by atoms with Crippen molar-refractivity contribution in [3.05, 3.63) is 48.5 Å². The number of amides is 2. The summed E-state index contributed by atoms with van der Waals surface area (Å²) < 4.78 is 34.5. The lowest BCUT2D eigenvalue weighted by Crippen LogP contribution is -2.46. The molecule has 0 saturated heterocycles. The number of sulfone groups is 1. The molecule has 1 atom stereocenters. The lowest BCUT2D eigenvalue weighted by molar-refractivity contribution is -0.130. The number of nitrogens with zero attached hydrogens (tertiary/aromatic N) is 2. The fourth-order valence-electron chi connectivity index (χ4n) is 3.40. The van der Waals surface area contributed by atoms with Crippen LogP contribution in [0.4, 0.5) is 5.69 Å². The molecule has 0 N–H and O–H groups in total. The van der Waals surface area contributed by atoms with Crippen LogP contribution in [0, 0.1) is 0 Å². The highest BCUT2D eigenvalue weighted by Crippen LogP contribution is 2.33. The Morgan fingerprint density at radius 1 is 1.19 bits per heavy atom. The maximum atomic E-state index is 12.6. The third-order valence-electron chi connectivity index (χ3n) is 5.19. The van der Waals surface area contributed by atoms with Gasteiger partial charge in [0.05, 0.1) is 17.2 Å². The second-order valence-electron chi connectivity index (χ2n) is 7.73. The second kappa shape index (κ2) is 10.0. The van der Waals surface area contributed by atoms with Crippen LogP contribution < -0.4 is 14.4 Å². The van der Waals surface area contributed by atoms with Gasteiger partial charge in [-0.3, -0.25) is 9.59 Å². The normalized spacial score (nSPS) is 15.7. The van der Waals surface area contributed by atoms with Crippen LogP contribution >= 0.6 is 0 Å². The highest BCUT2D eigenvalue weighted by molar-refractivity contribution is 7.90. The van der Waals surface area contributed by atoms with Crippen LogP contribution in [0.1, 0.15) is 19.8 Å². The van der Waals surface area contributed by atoms with Crippen molar-refractivity contribution in [2.75, 3.05) is 37.9 Å². The van der Waals surface area contributed by atoms with Gasteiger partial charge in [0.1, 0.15) is 11.5 Å². The number of ether oxygens (including phenoxy) is 2. The average Bonchev–Trinajstić information content (AvgIpc) is 2.76. The first kappa shape index (κ1) is 23.6. The maximum Gasteiger partial charge on any atom is 0.267 e. The molecule has 1 aliphatic heterocycles. The minimum atomic E-state index is -3.29. The van der Waals surface area contributed by atoms with Crippen molar-refractivity contribution >= 4 is 27.3 Å². The zero-order chi connectivity index (χ0) is 23.3. The molecule has 0 radical (unpaired) electrons. The number of hydrogen-bond donors (Lipinski definition) is 0. The van der Waals surface area contributed by atoms with E-state index in [-0.39, 0.29) is 29.7 Å². The quantitative estimate of drug-likeness (QED) is 0.534. The molecule has 0 bridgehead atoms. The van der Waals surface area contributed by atoms with Gasteiger partial charge in [-0.05, 0) is 43.7 Å². The molecule has 172 valence electrons. The van der Waals surface area contributed by atoms with Crippen LogP contribution in [0.25, 0.3) is 0 Å². The molecule has 0 aromatic heterocycles. The molecule has 2 aromatic carbocycles. The minimum Gasteiger partial charge on any atom is -0.493 e. The predicted molar refractivity (Wildman–Crippen MR) is 121 cm³/mol. The van der Waals surface area contributed by atoms with E-state index in [1.807, 2.05) is 24.3 Å². The summed E-state index contributed by atoms with van der Waals surface area (Å²) in [5.41, 5.74) is 0.677. The summed E-state index contributed by atoms with van der Waals surface area (Å²) in [4.78, 5) is 28.5. The standard InChI is InChI=1S/C23H28N2O6S/c1-17-23(27)25(20-10-4-5-11-21(20)31-17)14-12-22(26)24(2)13-7-15-30-18-8-6-9-19(16-18)32(3,28)29/h4-6,8-11,16-17H,7,12-15H2,1-3H3. The van der Waals surface area contributed by atoms with Gasteiger partial charge in [0.15, 0.2) is 15.9 Å². The Morgan fingerprint density at radius 3 is 2.69 bits per heavy atom. The van der Waals surface area contributed by atoms with Gasteiger partial charge < -0.3 is 19.3 Å². The highest BCUT2D eigenvalue weighted by Gasteiger charge is 2.31. The van der Waals surface area contributed by atoms with Gasteiger partial charge in [-0.15, -0.1) is 0 Å². The molecule has 0 fully saturated rings. The minimum absolute atomic E-state index is 0.0755. The van der Waals surface area contributed by atoms with Gasteiger partial charge in [0.2, 0.25) is 5.91 Å². The summed E-state index contributed by atoms with van der Waals surface area (Å²) >= 11 is 0. The fourth-order valence-corrected chi connectivity index (χ4v) is 4.05. The van der Waals surface area contributed by atoms with Crippen molar-refractivity contribution in [2.45, 2.75) is 30.8 Å². The number of hydrogen-bond acceptors (Lipinski definition) is 6. The third-order valence-corrected chi connectivity index (χ3v) is 6.30. The zero-order valence-electron chi connectivity index (χ0n) is 18.5. The summed E-state index contributed by atoms with van der Waals surface area (Å²) in [7, 11) is -1.58. The van der Waals surface area contributed by atoms with E-state index in [4.69, 9.17) is 9.47 Å². The summed E-state index contributed by atoms with van der Waals surface area (Å²) in [5.74, 6) is 0.871. The largest absolute Gasteiger partial charge is 0.493 e. The van der Waals surface area contributed by atoms with Crippen LogP contribution in [0.2, 0.25) is 0 Å². The van der Waals surface area contributed by atoms with E-state index >= 15 is 0 Å². The number of rotatable bonds is 9. The Balaban J connectivity index is 1.46. The fraction of sp³-hybridized carbons (Fsp3) is 0.391. The molecule has 9 heteroatoms. The molecule has 1 heterocycles. The van der Waals surface area contributed by atoms with E-state index in [2.05, 4.69) is 0 Å². The second-order valence-corrected chi connectivity index (χ2v) is 9.75. The van der Waals surface area contributed by atoms with E-state index in [1.54, 1.807) is 35.9 Å². The van der Waals surface area contributed by atoms with E-state index in [1.165, 1.54) is 12.1 Å². The van der Waals surface area contributed by atoms with Crippen molar-refractivity contribution in [3.8, 4) is 11.5 Å². The number of benzene rings is 2. The number of anilines is 1. The topological polar surface area (TPSA) is 93.2 Å². The molecule has 1 aliphatic rings. The highest BCUT2D eigenvalue weighted by atomic mass is 32.2. The van der Waals surface area contributed by atoms with Gasteiger partial charge in [0.25, 0.3) is 5.91 Å². The molecular formula is C23H28N2O6S. The van der Waals surface area contributed by atoms with Gasteiger partial charge in [-0.2, -0.15) is 0 Å². The first-order valence-corrected chi connectivity index (χ1v) is 12.3. The summed E-state index contributed by atoms with van der Waals surface area (Å²) in [6.45, 7) is 2.80. The van der Waals surface area contributed by atoms with Gasteiger partial charge in [0, 0.05) is 32.8 Å². The van der Waals surface area contributed by atoms with Gasteiger partial charge in [-0.1, -0.05) is 18.2 Å². The van der Waals surface area contributed by atoms with Crippen molar-refractivity contribution < 1.29 is 27.5 Å². The summed E-state index contributed by atoms with van der Waals surface area (Å²) in [6.07, 6.45) is 1.34. The van der Waals surface area contributed by atoms with Crippen molar-refractivity contribution in [1.29, 1.82) is 0 Å². The summed E-state index contributed by atoms with van der Waals surface area (Å²) in [6, 6.07) is 13.6. The van der Waals surface area contributed by atoms with E-state index in [0.29, 0.717) is 36.8 Å². The van der Waals surface area contributed by atoms with Crippen LogP contribution in [0.5, 0.6) is 11.5 Å². The molecule has 0 saturated carbocycles. The van der Waals surface area contributed by atoms with Crippen molar-refractivity contribution in [3.63, 3.8) is 0 Å². The third kappa shape index (κ3) is 5.79. The first-order chi connectivity index (χ1) is 15.2. The van der Waals surface area contributed by atoms with Crippen LogP contribution in [0.15, 0.2) is 53.4 Å². The molecule has 1 unspecified atom stereocenters. The Labute approximate surface area is 188 Å². The van der Waals surface area contributed by atoms with Crippen molar-refractivity contribution in [2.24, 2.45) is 0 Å². The summed E-state index contributed by atoms with van der Waals surface area (Å²) in [5, 5.41) is 0. The Bertz CT molecular complexity index is 1090. The zero-order valence-corrected chi connectivity index (χ0v) is 19.3. The maximum absolute atomic E-state index is 12.6. The van der Waals surface area contributed by atoms with Crippen LogP contribution in [-0.4, -0.2) is 64.2 Å². The number of fused-ring (bicyclic) bond motifs is 1. The molecule has 0 aliphatic carbocycles. The van der Waals surface area contributed by atoms with Crippen LogP contribution in [-0.2, 0) is 19.4 Å². The number of carbonyl (C=O) groups is 2. The number of carbonyl (C=O) groups excluding carboxylic acids is 2. The molecule has 3 rings (SSSR count). The van der Waals surface area contributed by atoms with Gasteiger partial charge in [-0.25, -0.2) is 8.42 Å². The first-order valence-electron chi connectivity index (χ1n) is 10.4. The average molecular weight is 461 g/mol. The Hall–Kier alpha value is -3.07. The van der Waals surface area contributed by atoms with Crippen molar-refractivity contribution in [1.82, 2.24) is 4.90 Å². The number of para-hydroxylation sites is 2. The lowest BCUT2D eigenvalue weighted by atomic mass is 10.1. The molecule has 0 spiro atoms. The molecule has 2 aromatic rings.